The minimum Gasteiger partial charge on any atom is -0.271 e. The quantitative estimate of drug-likeness (QED) is 0.620. The number of nitrogens with two attached hydrogens (primary N) is 1. The number of hydrogen-bond donors (Lipinski definition) is 2. The molecule has 1 heterocycles. The molecule has 1 aromatic rings. The Balaban J connectivity index is 1.84. The molecule has 4 heteroatoms. The standard InChI is InChI=1S/C16H29N3S/c1-16(2,3)14-11-20-15(18-14)10-13(19-17)9-8-12-6-4-5-7-12/h11-13,19H,4-10,17H2,1-3H3. The van der Waals surface area contributed by atoms with E-state index in [-0.39, 0.29) is 5.41 Å². The molecule has 114 valence electrons. The van der Waals surface area contributed by atoms with Crippen LogP contribution >= 0.6 is 11.3 Å². The Morgan fingerprint density at radius 3 is 2.65 bits per heavy atom. The van der Waals surface area contributed by atoms with Gasteiger partial charge in [-0.05, 0) is 18.8 Å². The van der Waals surface area contributed by atoms with Crippen LogP contribution in [0.25, 0.3) is 0 Å². The third-order valence-corrected chi connectivity index (χ3v) is 5.25. The van der Waals surface area contributed by atoms with Crippen molar-refractivity contribution in [3.05, 3.63) is 16.1 Å². The Hall–Kier alpha value is -0.450. The van der Waals surface area contributed by atoms with Gasteiger partial charge in [-0.2, -0.15) is 0 Å². The molecule has 3 N–H and O–H groups in total. The molecule has 0 amide bonds. The summed E-state index contributed by atoms with van der Waals surface area (Å²) < 4.78 is 0. The Morgan fingerprint density at radius 2 is 2.10 bits per heavy atom. The van der Waals surface area contributed by atoms with Crippen LogP contribution in [0.5, 0.6) is 0 Å². The largest absolute Gasteiger partial charge is 0.271 e. The van der Waals surface area contributed by atoms with E-state index in [1.54, 1.807) is 11.3 Å². The predicted molar refractivity (Wildman–Crippen MR) is 86.8 cm³/mol. The van der Waals surface area contributed by atoms with E-state index in [1.807, 2.05) is 0 Å². The summed E-state index contributed by atoms with van der Waals surface area (Å²) in [5.41, 5.74) is 4.33. The van der Waals surface area contributed by atoms with Gasteiger partial charge in [-0.15, -0.1) is 11.3 Å². The molecular formula is C16H29N3S. The molecule has 1 aliphatic rings. The van der Waals surface area contributed by atoms with Crippen LogP contribution in [0.2, 0.25) is 0 Å². The first kappa shape index (κ1) is 15.9. The fraction of sp³-hybridized carbons (Fsp3) is 0.812. The fourth-order valence-corrected chi connectivity index (χ4v) is 4.04. The number of hydrogen-bond acceptors (Lipinski definition) is 4. The van der Waals surface area contributed by atoms with E-state index in [0.717, 1.165) is 12.3 Å². The molecule has 3 nitrogen and oxygen atoms in total. The van der Waals surface area contributed by atoms with Gasteiger partial charge < -0.3 is 0 Å². The summed E-state index contributed by atoms with van der Waals surface area (Å²) in [4.78, 5) is 4.77. The van der Waals surface area contributed by atoms with E-state index in [4.69, 9.17) is 10.8 Å². The SMILES string of the molecule is CC(C)(C)c1csc(CC(CCC2CCCC2)NN)n1. The molecule has 0 bridgehead atoms. The summed E-state index contributed by atoms with van der Waals surface area (Å²) in [5.74, 6) is 6.66. The molecule has 0 spiro atoms. The number of thiazole rings is 1. The van der Waals surface area contributed by atoms with Gasteiger partial charge >= 0.3 is 0 Å². The highest BCUT2D eigenvalue weighted by molar-refractivity contribution is 7.09. The molecule has 1 fully saturated rings. The Kier molecular flexibility index (Phi) is 5.58. The number of aromatic nitrogens is 1. The lowest BCUT2D eigenvalue weighted by Gasteiger charge is -2.17. The zero-order chi connectivity index (χ0) is 14.6. The normalized spacial score (nSPS) is 18.6. The van der Waals surface area contributed by atoms with Gasteiger partial charge in [0.2, 0.25) is 0 Å². The van der Waals surface area contributed by atoms with E-state index < -0.39 is 0 Å². The molecular weight excluding hydrogens is 266 g/mol. The first-order valence-electron chi connectivity index (χ1n) is 7.90. The molecule has 1 aromatic heterocycles. The van der Waals surface area contributed by atoms with Crippen molar-refractivity contribution in [2.75, 3.05) is 0 Å². The smallest absolute Gasteiger partial charge is 0.0944 e. The summed E-state index contributed by atoms with van der Waals surface area (Å²) in [5, 5.41) is 3.41. The van der Waals surface area contributed by atoms with Crippen molar-refractivity contribution in [3.63, 3.8) is 0 Å². The van der Waals surface area contributed by atoms with Gasteiger partial charge in [-0.25, -0.2) is 4.98 Å². The van der Waals surface area contributed by atoms with Crippen LogP contribution in [0.3, 0.4) is 0 Å². The Bertz CT molecular complexity index is 402. The second-order valence-electron chi connectivity index (χ2n) is 7.17. The Labute approximate surface area is 127 Å². The van der Waals surface area contributed by atoms with Crippen LogP contribution in [0, 0.1) is 5.92 Å². The first-order valence-corrected chi connectivity index (χ1v) is 8.78. The van der Waals surface area contributed by atoms with Gasteiger partial charge in [0.05, 0.1) is 10.7 Å². The average Bonchev–Trinajstić information content (AvgIpc) is 3.04. The topological polar surface area (TPSA) is 50.9 Å². The summed E-state index contributed by atoms with van der Waals surface area (Å²) in [7, 11) is 0. The molecule has 1 aliphatic carbocycles. The third-order valence-electron chi connectivity index (χ3n) is 4.38. The lowest BCUT2D eigenvalue weighted by atomic mass is 9.93. The number of nitrogens with zero attached hydrogens (tertiary/aromatic N) is 1. The monoisotopic (exact) mass is 295 g/mol. The molecule has 0 radical (unpaired) electrons. The van der Waals surface area contributed by atoms with Crippen LogP contribution in [-0.2, 0) is 11.8 Å². The van der Waals surface area contributed by atoms with Crippen molar-refractivity contribution in [1.29, 1.82) is 0 Å². The number of rotatable bonds is 6. The highest BCUT2D eigenvalue weighted by Crippen LogP contribution is 2.29. The van der Waals surface area contributed by atoms with Crippen LogP contribution in [-0.4, -0.2) is 11.0 Å². The number of nitrogens with one attached hydrogen (secondary N) is 1. The van der Waals surface area contributed by atoms with Crippen molar-refractivity contribution in [1.82, 2.24) is 10.4 Å². The Morgan fingerprint density at radius 1 is 1.40 bits per heavy atom. The summed E-state index contributed by atoms with van der Waals surface area (Å²) in [6, 6.07) is 0.370. The van der Waals surface area contributed by atoms with Crippen LogP contribution in [0.4, 0.5) is 0 Å². The van der Waals surface area contributed by atoms with Crippen LogP contribution in [0.1, 0.15) is 70.0 Å². The molecule has 1 saturated carbocycles. The maximum absolute atomic E-state index is 5.72. The van der Waals surface area contributed by atoms with Crippen molar-refractivity contribution in [2.45, 2.75) is 77.2 Å². The molecule has 2 rings (SSSR count). The molecule has 0 aliphatic heterocycles. The van der Waals surface area contributed by atoms with Gasteiger partial charge in [0.25, 0.3) is 0 Å². The van der Waals surface area contributed by atoms with E-state index >= 15 is 0 Å². The van der Waals surface area contributed by atoms with Crippen molar-refractivity contribution >= 4 is 11.3 Å². The second kappa shape index (κ2) is 7.01. The van der Waals surface area contributed by atoms with Gasteiger partial charge in [0.15, 0.2) is 0 Å². The van der Waals surface area contributed by atoms with Gasteiger partial charge in [-0.1, -0.05) is 46.5 Å². The van der Waals surface area contributed by atoms with Crippen LogP contribution < -0.4 is 11.3 Å². The minimum absolute atomic E-state index is 0.143. The maximum atomic E-state index is 5.72. The maximum Gasteiger partial charge on any atom is 0.0944 e. The van der Waals surface area contributed by atoms with Crippen LogP contribution in [0.15, 0.2) is 5.38 Å². The molecule has 0 aromatic carbocycles. The van der Waals surface area contributed by atoms with Gasteiger partial charge in [0, 0.05) is 23.3 Å². The van der Waals surface area contributed by atoms with E-state index in [9.17, 15) is 0 Å². The highest BCUT2D eigenvalue weighted by atomic mass is 32.1. The van der Waals surface area contributed by atoms with Crippen molar-refractivity contribution < 1.29 is 0 Å². The zero-order valence-electron chi connectivity index (χ0n) is 13.1. The third kappa shape index (κ3) is 4.54. The lowest BCUT2D eigenvalue weighted by Crippen LogP contribution is -2.37. The van der Waals surface area contributed by atoms with E-state index in [2.05, 4.69) is 31.6 Å². The molecule has 20 heavy (non-hydrogen) atoms. The summed E-state index contributed by atoms with van der Waals surface area (Å²) in [6.07, 6.45) is 9.13. The van der Waals surface area contributed by atoms with Gasteiger partial charge in [-0.3, -0.25) is 11.3 Å². The summed E-state index contributed by atoms with van der Waals surface area (Å²) in [6.45, 7) is 6.64. The predicted octanol–water partition coefficient (Wildman–Crippen LogP) is 3.79. The van der Waals surface area contributed by atoms with Gasteiger partial charge in [0.1, 0.15) is 0 Å². The molecule has 1 unspecified atom stereocenters. The molecule has 1 atom stereocenters. The van der Waals surface area contributed by atoms with E-state index in [1.165, 1.54) is 49.2 Å². The zero-order valence-corrected chi connectivity index (χ0v) is 13.9. The summed E-state index contributed by atoms with van der Waals surface area (Å²) >= 11 is 1.77. The fourth-order valence-electron chi connectivity index (χ4n) is 2.94. The second-order valence-corrected chi connectivity index (χ2v) is 8.11. The lowest BCUT2D eigenvalue weighted by molar-refractivity contribution is 0.406. The van der Waals surface area contributed by atoms with Crippen molar-refractivity contribution in [2.24, 2.45) is 11.8 Å². The first-order chi connectivity index (χ1) is 9.49. The molecule has 0 saturated heterocycles. The average molecular weight is 295 g/mol. The van der Waals surface area contributed by atoms with Crippen molar-refractivity contribution in [3.8, 4) is 0 Å². The van der Waals surface area contributed by atoms with E-state index in [0.29, 0.717) is 6.04 Å². The minimum atomic E-state index is 0.143. The highest BCUT2D eigenvalue weighted by Gasteiger charge is 2.20. The number of hydrazine groups is 1.